The summed E-state index contributed by atoms with van der Waals surface area (Å²) in [6, 6.07) is 2.76. The largest absolute Gasteiger partial charge is 0.310 e. The van der Waals surface area contributed by atoms with Gasteiger partial charge in [0.1, 0.15) is 0 Å². The van der Waals surface area contributed by atoms with Crippen LogP contribution in [0, 0.1) is 11.6 Å². The summed E-state index contributed by atoms with van der Waals surface area (Å²) in [5.74, 6) is -1.51. The Morgan fingerprint density at radius 3 is 2.73 bits per heavy atom. The van der Waals surface area contributed by atoms with Gasteiger partial charge < -0.3 is 5.32 Å². The summed E-state index contributed by atoms with van der Waals surface area (Å²) in [4.78, 5) is 0. The van der Waals surface area contributed by atoms with Crippen LogP contribution in [0.25, 0.3) is 0 Å². The average molecular weight is 276 g/mol. The van der Waals surface area contributed by atoms with E-state index in [1.807, 2.05) is 0 Å². The first kappa shape index (κ1) is 11.0. The van der Waals surface area contributed by atoms with Gasteiger partial charge in [0.15, 0.2) is 11.6 Å². The second-order valence-corrected chi connectivity index (χ2v) is 4.71. The van der Waals surface area contributed by atoms with Gasteiger partial charge in [-0.1, -0.05) is 22.4 Å². The van der Waals surface area contributed by atoms with Crippen LogP contribution in [-0.2, 0) is 0 Å². The molecule has 1 N–H and O–H groups in total. The summed E-state index contributed by atoms with van der Waals surface area (Å²) in [6.45, 7) is 0.873. The van der Waals surface area contributed by atoms with Crippen LogP contribution >= 0.6 is 15.9 Å². The van der Waals surface area contributed by atoms with Crippen molar-refractivity contribution in [1.29, 1.82) is 0 Å². The molecule has 0 aliphatic carbocycles. The molecule has 1 atom stereocenters. The molecule has 0 saturated carbocycles. The summed E-state index contributed by atoms with van der Waals surface area (Å²) in [5.41, 5.74) is 0.432. The quantitative estimate of drug-likeness (QED) is 0.773. The minimum atomic E-state index is -0.785. The molecule has 1 aromatic rings. The fourth-order valence-corrected chi connectivity index (χ4v) is 2.39. The van der Waals surface area contributed by atoms with Gasteiger partial charge in [-0.3, -0.25) is 0 Å². The first-order valence-corrected chi connectivity index (χ1v) is 5.85. The van der Waals surface area contributed by atoms with Crippen LogP contribution in [0.4, 0.5) is 8.78 Å². The molecule has 1 saturated heterocycles. The van der Waals surface area contributed by atoms with E-state index in [0.717, 1.165) is 31.9 Å². The van der Waals surface area contributed by atoms with Crippen molar-refractivity contribution in [2.45, 2.75) is 25.3 Å². The normalized spacial score (nSPS) is 21.7. The molecule has 0 radical (unpaired) electrons. The van der Waals surface area contributed by atoms with E-state index >= 15 is 0 Å². The monoisotopic (exact) mass is 275 g/mol. The Bertz CT molecular complexity index is 362. The van der Waals surface area contributed by atoms with Gasteiger partial charge in [-0.2, -0.15) is 0 Å². The minimum absolute atomic E-state index is 0.0502. The summed E-state index contributed by atoms with van der Waals surface area (Å²) in [6.07, 6.45) is 3.03. The van der Waals surface area contributed by atoms with Gasteiger partial charge in [-0.25, -0.2) is 8.78 Å². The van der Waals surface area contributed by atoms with Crippen molar-refractivity contribution in [2.24, 2.45) is 0 Å². The first-order chi connectivity index (χ1) is 7.18. The van der Waals surface area contributed by atoms with Crippen LogP contribution in [0.5, 0.6) is 0 Å². The number of piperidine rings is 1. The maximum Gasteiger partial charge on any atom is 0.163 e. The van der Waals surface area contributed by atoms with Gasteiger partial charge in [0.2, 0.25) is 0 Å². The summed E-state index contributed by atoms with van der Waals surface area (Å²) < 4.78 is 27.3. The van der Waals surface area contributed by atoms with Crippen molar-refractivity contribution in [1.82, 2.24) is 5.32 Å². The Balaban J connectivity index is 2.33. The second-order valence-electron chi connectivity index (χ2n) is 3.79. The third-order valence-corrected chi connectivity index (χ3v) is 3.16. The van der Waals surface area contributed by atoms with E-state index in [-0.39, 0.29) is 6.04 Å². The van der Waals surface area contributed by atoms with Crippen molar-refractivity contribution < 1.29 is 8.78 Å². The maximum atomic E-state index is 13.5. The van der Waals surface area contributed by atoms with Crippen molar-refractivity contribution in [2.75, 3.05) is 6.54 Å². The molecule has 1 nitrogen and oxygen atoms in total. The van der Waals surface area contributed by atoms with E-state index in [4.69, 9.17) is 0 Å². The van der Waals surface area contributed by atoms with Gasteiger partial charge in [-0.05, 0) is 31.5 Å². The Kier molecular flexibility index (Phi) is 3.36. The van der Waals surface area contributed by atoms with Crippen LogP contribution < -0.4 is 5.32 Å². The number of halogens is 3. The summed E-state index contributed by atoms with van der Waals surface area (Å²) >= 11 is 3.18. The number of benzene rings is 1. The van der Waals surface area contributed by atoms with E-state index in [1.165, 1.54) is 0 Å². The molecule has 0 aromatic heterocycles. The molecular formula is C11H12BrF2N. The lowest BCUT2D eigenvalue weighted by molar-refractivity contribution is 0.391. The van der Waals surface area contributed by atoms with Crippen molar-refractivity contribution >= 4 is 15.9 Å². The Morgan fingerprint density at radius 2 is 2.07 bits per heavy atom. The average Bonchev–Trinajstić information content (AvgIpc) is 2.24. The Hall–Kier alpha value is -0.480. The highest BCUT2D eigenvalue weighted by Gasteiger charge is 2.20. The van der Waals surface area contributed by atoms with Gasteiger partial charge in [0.05, 0.1) is 0 Å². The van der Waals surface area contributed by atoms with E-state index in [2.05, 4.69) is 21.2 Å². The second kappa shape index (κ2) is 4.58. The zero-order valence-electron chi connectivity index (χ0n) is 8.19. The van der Waals surface area contributed by atoms with Crippen molar-refractivity contribution in [3.63, 3.8) is 0 Å². The fourth-order valence-electron chi connectivity index (χ4n) is 1.95. The minimum Gasteiger partial charge on any atom is -0.310 e. The molecule has 1 unspecified atom stereocenters. The molecule has 2 rings (SSSR count). The molecule has 1 aliphatic rings. The van der Waals surface area contributed by atoms with Crippen LogP contribution in [0.2, 0.25) is 0 Å². The standard InChI is InChI=1S/C11H12BrF2N/c12-7-5-8(11(14)9(13)6-7)10-3-1-2-4-15-10/h5-6,10,15H,1-4H2. The molecule has 82 valence electrons. The SMILES string of the molecule is Fc1cc(Br)cc(C2CCCCN2)c1F. The molecule has 1 aromatic carbocycles. The maximum absolute atomic E-state index is 13.5. The predicted molar refractivity (Wildman–Crippen MR) is 58.7 cm³/mol. The van der Waals surface area contributed by atoms with Crippen LogP contribution in [0.15, 0.2) is 16.6 Å². The zero-order chi connectivity index (χ0) is 10.8. The van der Waals surface area contributed by atoms with Gasteiger partial charge in [-0.15, -0.1) is 0 Å². The van der Waals surface area contributed by atoms with E-state index < -0.39 is 11.6 Å². The molecule has 0 spiro atoms. The lowest BCUT2D eigenvalue weighted by Crippen LogP contribution is -2.27. The molecule has 0 bridgehead atoms. The summed E-state index contributed by atoms with van der Waals surface area (Å²) in [7, 11) is 0. The van der Waals surface area contributed by atoms with Gasteiger partial charge in [0.25, 0.3) is 0 Å². The highest BCUT2D eigenvalue weighted by Crippen LogP contribution is 2.29. The van der Waals surface area contributed by atoms with E-state index in [1.54, 1.807) is 6.07 Å². The highest BCUT2D eigenvalue weighted by atomic mass is 79.9. The first-order valence-electron chi connectivity index (χ1n) is 5.06. The topological polar surface area (TPSA) is 12.0 Å². The molecular weight excluding hydrogens is 264 g/mol. The van der Waals surface area contributed by atoms with Crippen LogP contribution in [0.3, 0.4) is 0 Å². The van der Waals surface area contributed by atoms with E-state index in [9.17, 15) is 8.78 Å². The molecule has 4 heteroatoms. The number of hydrogen-bond acceptors (Lipinski definition) is 1. The lowest BCUT2D eigenvalue weighted by Gasteiger charge is -2.24. The van der Waals surface area contributed by atoms with Gasteiger partial charge in [0, 0.05) is 16.1 Å². The Morgan fingerprint density at radius 1 is 1.27 bits per heavy atom. The van der Waals surface area contributed by atoms with Crippen molar-refractivity contribution in [3.05, 3.63) is 33.8 Å². The van der Waals surface area contributed by atoms with Crippen LogP contribution in [-0.4, -0.2) is 6.54 Å². The molecule has 1 aliphatic heterocycles. The predicted octanol–water partition coefficient (Wildman–Crippen LogP) is 3.54. The molecule has 0 amide bonds. The fraction of sp³-hybridized carbons (Fsp3) is 0.455. The highest BCUT2D eigenvalue weighted by molar-refractivity contribution is 9.10. The molecule has 1 fully saturated rings. The third-order valence-electron chi connectivity index (χ3n) is 2.71. The van der Waals surface area contributed by atoms with Crippen LogP contribution in [0.1, 0.15) is 30.9 Å². The summed E-state index contributed by atoms with van der Waals surface area (Å²) in [5, 5.41) is 3.20. The molecule has 15 heavy (non-hydrogen) atoms. The third kappa shape index (κ3) is 2.37. The smallest absolute Gasteiger partial charge is 0.163 e. The lowest BCUT2D eigenvalue weighted by atomic mass is 9.97. The van der Waals surface area contributed by atoms with Gasteiger partial charge >= 0.3 is 0 Å². The zero-order valence-corrected chi connectivity index (χ0v) is 9.78. The number of hydrogen-bond donors (Lipinski definition) is 1. The molecule has 1 heterocycles. The van der Waals surface area contributed by atoms with Crippen molar-refractivity contribution in [3.8, 4) is 0 Å². The number of rotatable bonds is 1. The number of nitrogens with one attached hydrogen (secondary N) is 1. The van der Waals surface area contributed by atoms with E-state index in [0.29, 0.717) is 10.0 Å². The Labute approximate surface area is 96.0 Å².